The number of hydrogen-bond acceptors (Lipinski definition) is 3. The van der Waals surface area contributed by atoms with E-state index < -0.39 is 0 Å². The fourth-order valence-electron chi connectivity index (χ4n) is 2.44. The van der Waals surface area contributed by atoms with Crippen LogP contribution in [0, 0.1) is 0 Å². The van der Waals surface area contributed by atoms with Crippen LogP contribution in [0.25, 0.3) is 11.1 Å². The van der Waals surface area contributed by atoms with Gasteiger partial charge in [-0.25, -0.2) is 0 Å². The molecule has 1 amide bonds. The highest BCUT2D eigenvalue weighted by molar-refractivity contribution is 5.92. The Bertz CT molecular complexity index is 847. The zero-order valence-corrected chi connectivity index (χ0v) is 13.9. The normalized spacial score (nSPS) is 10.1. The topological polar surface area (TPSA) is 47.6 Å². The Hall–Kier alpha value is -3.27. The summed E-state index contributed by atoms with van der Waals surface area (Å²) in [6, 6.07) is 24.9. The third-order valence-corrected chi connectivity index (χ3v) is 3.66. The van der Waals surface area contributed by atoms with Gasteiger partial charge in [0.25, 0.3) is 5.91 Å². The van der Waals surface area contributed by atoms with Crippen LogP contribution in [0.3, 0.4) is 0 Å². The van der Waals surface area contributed by atoms with Gasteiger partial charge >= 0.3 is 0 Å². The lowest BCUT2D eigenvalue weighted by molar-refractivity contribution is -0.118. The van der Waals surface area contributed by atoms with E-state index in [1.54, 1.807) is 19.2 Å². The van der Waals surface area contributed by atoms with Crippen molar-refractivity contribution in [2.45, 2.75) is 0 Å². The molecule has 0 aliphatic carbocycles. The molecule has 0 fully saturated rings. The quantitative estimate of drug-likeness (QED) is 0.728. The summed E-state index contributed by atoms with van der Waals surface area (Å²) in [6.45, 7) is -0.0601. The zero-order valence-electron chi connectivity index (χ0n) is 13.9. The van der Waals surface area contributed by atoms with Gasteiger partial charge in [-0.05, 0) is 35.4 Å². The summed E-state index contributed by atoms with van der Waals surface area (Å²) in [5, 5.41) is 2.79. The third kappa shape index (κ3) is 4.61. The molecule has 3 aromatic rings. The molecule has 0 aliphatic heterocycles. The van der Waals surface area contributed by atoms with Crippen LogP contribution in [0.15, 0.2) is 78.9 Å². The molecule has 3 rings (SSSR count). The van der Waals surface area contributed by atoms with E-state index in [4.69, 9.17) is 9.47 Å². The summed E-state index contributed by atoms with van der Waals surface area (Å²) in [5.41, 5.74) is 2.83. The lowest BCUT2D eigenvalue weighted by Gasteiger charge is -2.10. The maximum absolute atomic E-state index is 12.1. The highest BCUT2D eigenvalue weighted by Crippen LogP contribution is 2.23. The maximum Gasteiger partial charge on any atom is 0.262 e. The highest BCUT2D eigenvalue weighted by Gasteiger charge is 2.06. The van der Waals surface area contributed by atoms with Gasteiger partial charge < -0.3 is 14.8 Å². The first kappa shape index (κ1) is 16.6. The summed E-state index contributed by atoms with van der Waals surface area (Å²) >= 11 is 0. The minimum atomic E-state index is -0.224. The maximum atomic E-state index is 12.1. The van der Waals surface area contributed by atoms with Gasteiger partial charge in [-0.1, -0.05) is 48.5 Å². The van der Waals surface area contributed by atoms with Crippen molar-refractivity contribution < 1.29 is 14.3 Å². The molecule has 0 saturated heterocycles. The number of nitrogens with one attached hydrogen (secondary N) is 1. The van der Waals surface area contributed by atoms with E-state index in [1.165, 1.54) is 0 Å². The lowest BCUT2D eigenvalue weighted by Crippen LogP contribution is -2.20. The molecule has 0 bridgehead atoms. The van der Waals surface area contributed by atoms with Gasteiger partial charge in [-0.2, -0.15) is 0 Å². The number of anilines is 1. The van der Waals surface area contributed by atoms with Gasteiger partial charge in [0.2, 0.25) is 0 Å². The molecule has 0 atom stereocenters. The van der Waals surface area contributed by atoms with Crippen LogP contribution in [0.5, 0.6) is 11.5 Å². The number of methoxy groups -OCH3 is 1. The lowest BCUT2D eigenvalue weighted by atomic mass is 10.1. The standard InChI is InChI=1S/C21H19NO3/c1-24-19-11-6-10-18(14-19)22-21(23)15-25-20-12-5-9-17(13-20)16-7-3-2-4-8-16/h2-14H,15H2,1H3,(H,22,23). The summed E-state index contributed by atoms with van der Waals surface area (Å²) in [6.07, 6.45) is 0. The second-order valence-electron chi connectivity index (χ2n) is 5.46. The van der Waals surface area contributed by atoms with Crippen molar-refractivity contribution in [3.63, 3.8) is 0 Å². The van der Waals surface area contributed by atoms with E-state index in [1.807, 2.05) is 66.7 Å². The summed E-state index contributed by atoms with van der Waals surface area (Å²) in [4.78, 5) is 12.1. The van der Waals surface area contributed by atoms with Gasteiger partial charge in [0, 0.05) is 11.8 Å². The monoisotopic (exact) mass is 333 g/mol. The van der Waals surface area contributed by atoms with Gasteiger partial charge in [0.05, 0.1) is 7.11 Å². The Morgan fingerprint density at radius 3 is 2.36 bits per heavy atom. The van der Waals surface area contributed by atoms with Gasteiger partial charge in [0.15, 0.2) is 6.61 Å². The molecule has 0 saturated carbocycles. The average molecular weight is 333 g/mol. The smallest absolute Gasteiger partial charge is 0.262 e. The van der Waals surface area contributed by atoms with Gasteiger partial charge in [-0.15, -0.1) is 0 Å². The Morgan fingerprint density at radius 1 is 0.840 bits per heavy atom. The van der Waals surface area contributed by atoms with Crippen molar-refractivity contribution >= 4 is 11.6 Å². The van der Waals surface area contributed by atoms with Crippen molar-refractivity contribution in [1.82, 2.24) is 0 Å². The minimum absolute atomic E-state index is 0.0601. The summed E-state index contributed by atoms with van der Waals surface area (Å²) in [5.74, 6) is 1.12. The van der Waals surface area contributed by atoms with Crippen molar-refractivity contribution in [3.05, 3.63) is 78.9 Å². The SMILES string of the molecule is COc1cccc(NC(=O)COc2cccc(-c3ccccc3)c2)c1. The first-order valence-corrected chi connectivity index (χ1v) is 7.97. The largest absolute Gasteiger partial charge is 0.497 e. The molecule has 0 radical (unpaired) electrons. The molecule has 0 heterocycles. The van der Waals surface area contributed by atoms with E-state index in [0.29, 0.717) is 17.2 Å². The van der Waals surface area contributed by atoms with Gasteiger partial charge in [-0.3, -0.25) is 4.79 Å². The molecule has 0 unspecified atom stereocenters. The zero-order chi connectivity index (χ0) is 17.5. The highest BCUT2D eigenvalue weighted by atomic mass is 16.5. The number of ether oxygens (including phenoxy) is 2. The first-order valence-electron chi connectivity index (χ1n) is 7.97. The first-order chi connectivity index (χ1) is 12.2. The molecule has 0 aromatic heterocycles. The van der Waals surface area contributed by atoms with Crippen molar-refractivity contribution in [2.24, 2.45) is 0 Å². The average Bonchev–Trinajstić information content (AvgIpc) is 2.67. The van der Waals surface area contributed by atoms with Crippen molar-refractivity contribution in [1.29, 1.82) is 0 Å². The van der Waals surface area contributed by atoms with Crippen LogP contribution >= 0.6 is 0 Å². The Kier molecular flexibility index (Phi) is 5.32. The minimum Gasteiger partial charge on any atom is -0.497 e. The Labute approximate surface area is 147 Å². The molecule has 4 nitrogen and oxygen atoms in total. The van der Waals surface area contributed by atoms with E-state index in [0.717, 1.165) is 11.1 Å². The molecule has 25 heavy (non-hydrogen) atoms. The number of carbonyl (C=O) groups excluding carboxylic acids is 1. The molecule has 0 spiro atoms. The third-order valence-electron chi connectivity index (χ3n) is 3.66. The number of hydrogen-bond donors (Lipinski definition) is 1. The molecule has 126 valence electrons. The summed E-state index contributed by atoms with van der Waals surface area (Å²) < 4.78 is 10.8. The van der Waals surface area contributed by atoms with Gasteiger partial charge in [0.1, 0.15) is 11.5 Å². The van der Waals surface area contributed by atoms with Crippen LogP contribution in [0.4, 0.5) is 5.69 Å². The number of carbonyl (C=O) groups is 1. The van der Waals surface area contributed by atoms with Crippen LogP contribution < -0.4 is 14.8 Å². The second-order valence-corrected chi connectivity index (χ2v) is 5.46. The predicted octanol–water partition coefficient (Wildman–Crippen LogP) is 4.38. The molecule has 1 N–H and O–H groups in total. The fourth-order valence-corrected chi connectivity index (χ4v) is 2.44. The van der Waals surface area contributed by atoms with E-state index in [2.05, 4.69) is 5.32 Å². The molecule has 4 heteroatoms. The van der Waals surface area contributed by atoms with E-state index in [-0.39, 0.29) is 12.5 Å². The number of benzene rings is 3. The number of rotatable bonds is 6. The van der Waals surface area contributed by atoms with Crippen LogP contribution in [-0.2, 0) is 4.79 Å². The molecular weight excluding hydrogens is 314 g/mol. The van der Waals surface area contributed by atoms with Crippen molar-refractivity contribution in [2.75, 3.05) is 19.0 Å². The fraction of sp³-hybridized carbons (Fsp3) is 0.0952. The predicted molar refractivity (Wildman–Crippen MR) is 99.0 cm³/mol. The Balaban J connectivity index is 1.60. The number of amides is 1. The van der Waals surface area contributed by atoms with Crippen LogP contribution in [0.1, 0.15) is 0 Å². The van der Waals surface area contributed by atoms with Crippen LogP contribution in [-0.4, -0.2) is 19.6 Å². The van der Waals surface area contributed by atoms with Crippen LogP contribution in [0.2, 0.25) is 0 Å². The second kappa shape index (κ2) is 8.02. The molecule has 0 aliphatic rings. The van der Waals surface area contributed by atoms with E-state index >= 15 is 0 Å². The Morgan fingerprint density at radius 2 is 1.56 bits per heavy atom. The van der Waals surface area contributed by atoms with Crippen molar-refractivity contribution in [3.8, 4) is 22.6 Å². The summed E-state index contributed by atoms with van der Waals surface area (Å²) in [7, 11) is 1.59. The van der Waals surface area contributed by atoms with E-state index in [9.17, 15) is 4.79 Å². The molecule has 3 aromatic carbocycles. The molecular formula is C21H19NO3.